The highest BCUT2D eigenvalue weighted by Gasteiger charge is 2.49. The van der Waals surface area contributed by atoms with Gasteiger partial charge in [0, 0.05) is 87.2 Å². The first-order valence-electron chi connectivity index (χ1n) is 26.9. The smallest absolute Gasteiger partial charge is 0.319 e. The van der Waals surface area contributed by atoms with Crippen LogP contribution in [0.2, 0.25) is 5.02 Å². The second kappa shape index (κ2) is 22.3. The van der Waals surface area contributed by atoms with Crippen LogP contribution in [0.3, 0.4) is 0 Å². The molecule has 5 aliphatic heterocycles. The molecule has 21 heteroatoms. The van der Waals surface area contributed by atoms with Gasteiger partial charge in [0.05, 0.1) is 40.4 Å². The van der Waals surface area contributed by atoms with E-state index in [2.05, 4.69) is 52.4 Å². The van der Waals surface area contributed by atoms with E-state index in [-0.39, 0.29) is 64.2 Å². The molecule has 18 nitrogen and oxygen atoms in total. The van der Waals surface area contributed by atoms with Gasteiger partial charge in [-0.05, 0) is 98.6 Å². The second-order valence-corrected chi connectivity index (χ2v) is 21.6. The minimum absolute atomic E-state index is 0.0105. The number of aliphatic hydroxyl groups is 1. The van der Waals surface area contributed by atoms with E-state index in [4.69, 9.17) is 57.4 Å². The van der Waals surface area contributed by atoms with Crippen molar-refractivity contribution >= 4 is 50.3 Å². The third-order valence-corrected chi connectivity index (χ3v) is 16.3. The van der Waals surface area contributed by atoms with E-state index in [1.165, 1.54) is 30.5 Å². The molecule has 5 saturated heterocycles. The molecule has 2 unspecified atom stereocenters. The molecule has 6 atom stereocenters. The Labute approximate surface area is 454 Å². The van der Waals surface area contributed by atoms with Gasteiger partial charge < -0.3 is 49.5 Å². The van der Waals surface area contributed by atoms with Gasteiger partial charge in [-0.1, -0.05) is 30.5 Å². The lowest BCUT2D eigenvalue weighted by atomic mass is 9.96. The van der Waals surface area contributed by atoms with Gasteiger partial charge in [-0.2, -0.15) is 15.0 Å². The quantitative estimate of drug-likeness (QED) is 0.0869. The summed E-state index contributed by atoms with van der Waals surface area (Å²) in [5, 5.41) is 22.3. The highest BCUT2D eigenvalue weighted by molar-refractivity contribution is 6.33. The Morgan fingerprint density at radius 1 is 0.859 bits per heavy atom. The third-order valence-electron chi connectivity index (χ3n) is 16.0. The van der Waals surface area contributed by atoms with Crippen LogP contribution in [0.1, 0.15) is 38.2 Å². The number of ether oxygens (including phenoxy) is 5. The molecule has 4 aromatic heterocycles. The Balaban J connectivity index is 0.625. The number of phenolic OH excluding ortho intramolecular Hbond substituents is 1. The number of nitrogens with two attached hydrogens (primary N) is 1. The Bertz CT molecular complexity index is 3360. The van der Waals surface area contributed by atoms with Gasteiger partial charge in [0.15, 0.2) is 17.6 Å². The summed E-state index contributed by atoms with van der Waals surface area (Å²) < 4.78 is 62.0. The number of aromatic nitrogens is 6. The summed E-state index contributed by atoms with van der Waals surface area (Å²) in [6.07, 6.45) is 9.45. The number of piperazine rings is 1. The predicted octanol–water partition coefficient (Wildman–Crippen LogP) is 6.41. The lowest BCUT2D eigenvalue weighted by Crippen LogP contribution is -2.53. The second-order valence-electron chi connectivity index (χ2n) is 21.2. The first-order chi connectivity index (χ1) is 37.9. The Morgan fingerprint density at radius 2 is 1.63 bits per heavy atom. The molecule has 0 saturated carbocycles. The van der Waals surface area contributed by atoms with Crippen molar-refractivity contribution in [3.05, 3.63) is 83.0 Å². The molecule has 0 spiro atoms. The number of imidazole rings is 1. The molecule has 7 aromatic rings. The molecular formula is C57H62ClF2N11O7. The SMILES string of the molecule is C#Cc1c(F)ccc2cc(O)cc(-c3ncc4c(N5CC(C)CCC(N)C5)nc(OCCN5CCN(C6CCN(CCOc7ccc(-c8nc9nc(O[C@@H]%10CO[C@H]%11[C@@H]%10OC[C@H]%11O)[nH]c9cc8Cl)cc7)CC6)CC5)nc4c3F)c12. The molecule has 3 aromatic carbocycles. The number of anilines is 1. The van der Waals surface area contributed by atoms with Gasteiger partial charge in [0.25, 0.3) is 6.01 Å². The van der Waals surface area contributed by atoms with Gasteiger partial charge in [0.2, 0.25) is 0 Å². The van der Waals surface area contributed by atoms with Crippen LogP contribution >= 0.6 is 11.6 Å². The molecule has 5 fully saturated rings. The molecule has 9 heterocycles. The number of H-pyrrole nitrogens is 1. The van der Waals surface area contributed by atoms with Crippen molar-refractivity contribution in [3.63, 3.8) is 0 Å². The van der Waals surface area contributed by atoms with Crippen LogP contribution in [0, 0.1) is 29.9 Å². The Morgan fingerprint density at radius 3 is 2.42 bits per heavy atom. The number of phenols is 1. The van der Waals surface area contributed by atoms with Crippen molar-refractivity contribution in [2.45, 2.75) is 69.1 Å². The van der Waals surface area contributed by atoms with E-state index in [1.807, 2.05) is 24.3 Å². The summed E-state index contributed by atoms with van der Waals surface area (Å²) in [4.78, 5) is 36.0. The lowest BCUT2D eigenvalue weighted by Gasteiger charge is -2.42. The zero-order valence-corrected chi connectivity index (χ0v) is 44.0. The monoisotopic (exact) mass is 1090 g/mol. The summed E-state index contributed by atoms with van der Waals surface area (Å²) in [7, 11) is 0. The van der Waals surface area contributed by atoms with Crippen LogP contribution in [0.15, 0.2) is 60.8 Å². The number of aromatic amines is 1. The van der Waals surface area contributed by atoms with E-state index in [0.717, 1.165) is 82.8 Å². The number of aliphatic hydroxyl groups excluding tert-OH is 1. The van der Waals surface area contributed by atoms with Crippen molar-refractivity contribution in [1.29, 1.82) is 0 Å². The fourth-order valence-electron chi connectivity index (χ4n) is 11.8. The lowest BCUT2D eigenvalue weighted by molar-refractivity contribution is 0.00706. The number of hydrogen-bond donors (Lipinski definition) is 4. The highest BCUT2D eigenvalue weighted by atomic mass is 35.5. The molecule has 12 rings (SSSR count). The Kier molecular flexibility index (Phi) is 14.9. The predicted molar refractivity (Wildman–Crippen MR) is 291 cm³/mol. The average Bonchev–Trinajstić information content (AvgIpc) is 4.15. The van der Waals surface area contributed by atoms with Crippen molar-refractivity contribution < 1.29 is 42.7 Å². The molecule has 0 aliphatic carbocycles. The van der Waals surface area contributed by atoms with Crippen molar-refractivity contribution in [3.8, 4) is 58.4 Å². The van der Waals surface area contributed by atoms with E-state index < -0.39 is 29.9 Å². The van der Waals surface area contributed by atoms with Crippen LogP contribution in [-0.4, -0.2) is 183 Å². The maximum absolute atomic E-state index is 17.1. The van der Waals surface area contributed by atoms with Crippen LogP contribution in [0.4, 0.5) is 14.6 Å². The number of terminal acetylenes is 1. The van der Waals surface area contributed by atoms with E-state index >= 15 is 8.78 Å². The largest absolute Gasteiger partial charge is 0.508 e. The minimum atomic E-state index is -0.768. The maximum Gasteiger partial charge on any atom is 0.319 e. The number of piperidine rings is 1. The van der Waals surface area contributed by atoms with E-state index in [9.17, 15) is 10.2 Å². The van der Waals surface area contributed by atoms with E-state index in [0.29, 0.717) is 89.9 Å². The first kappa shape index (κ1) is 52.2. The average molecular weight is 1090 g/mol. The molecule has 5 aliphatic rings. The van der Waals surface area contributed by atoms with Crippen molar-refractivity contribution in [2.75, 3.05) is 96.8 Å². The molecule has 408 valence electrons. The number of pyridine rings is 2. The van der Waals surface area contributed by atoms with Crippen LogP contribution < -0.4 is 24.8 Å². The molecular weight excluding hydrogens is 1020 g/mol. The number of nitrogens with one attached hydrogen (secondary N) is 1. The number of likely N-dealkylation sites (tertiary alicyclic amines) is 1. The number of rotatable bonds is 14. The number of nitrogens with zero attached hydrogens (tertiary/aromatic N) is 9. The summed E-state index contributed by atoms with van der Waals surface area (Å²) >= 11 is 6.71. The number of aromatic hydroxyl groups is 1. The summed E-state index contributed by atoms with van der Waals surface area (Å²) in [6.45, 7) is 11.9. The zero-order chi connectivity index (χ0) is 53.6. The van der Waals surface area contributed by atoms with Gasteiger partial charge in [-0.3, -0.25) is 19.7 Å². The third kappa shape index (κ3) is 10.7. The van der Waals surface area contributed by atoms with Crippen molar-refractivity contribution in [1.82, 2.24) is 44.6 Å². The summed E-state index contributed by atoms with van der Waals surface area (Å²) in [5.74, 6) is 2.41. The number of fused-ring (bicyclic) bond motifs is 4. The summed E-state index contributed by atoms with van der Waals surface area (Å²) in [6, 6.07) is 15.8. The summed E-state index contributed by atoms with van der Waals surface area (Å²) in [5.41, 5.74) is 9.03. The standard InChI is InChI=1S/C57H62ClF2N11O7/c1-3-39-43(59)11-7-34-24-37(72)25-40(47(34)39)50-48(60)51-41(27-62-50)55(71-28-32(2)4-8-35(61)29-71)67-56(65-51)75-23-21-69-16-18-70(19-17-69)36-12-14-68(15-13-36)20-22-74-38-9-5-33(6-10-38)49-42(58)26-44-54(64-49)66-57(63-44)78-46-31-77-52-45(73)30-76-53(46)52/h1,5-7,9-11,24-27,32,35-36,45-46,52-53,72-73H,4,8,12-23,28-31,61H2,2H3,(H,63,64,66)/t32?,35?,45-,46-,52-,53-/m1/s1. The Hall–Kier alpha value is -6.54. The van der Waals surface area contributed by atoms with E-state index in [1.54, 1.807) is 6.07 Å². The van der Waals surface area contributed by atoms with Gasteiger partial charge in [-0.15, -0.1) is 6.42 Å². The molecule has 0 bridgehead atoms. The molecule has 0 radical (unpaired) electrons. The van der Waals surface area contributed by atoms with Gasteiger partial charge >= 0.3 is 6.01 Å². The van der Waals surface area contributed by atoms with Crippen LogP contribution in [0.25, 0.3) is 55.4 Å². The van der Waals surface area contributed by atoms with Gasteiger partial charge in [-0.25, -0.2) is 13.8 Å². The fourth-order valence-corrected chi connectivity index (χ4v) is 12.1. The number of halogens is 3. The first-order valence-corrected chi connectivity index (χ1v) is 27.3. The topological polar surface area (TPSA) is 206 Å². The highest BCUT2D eigenvalue weighted by Crippen LogP contribution is 2.40. The molecule has 78 heavy (non-hydrogen) atoms. The number of hydrogen-bond acceptors (Lipinski definition) is 17. The maximum atomic E-state index is 17.1. The molecule has 5 N–H and O–H groups in total. The zero-order valence-electron chi connectivity index (χ0n) is 43.3. The molecule has 0 amide bonds. The van der Waals surface area contributed by atoms with Crippen LogP contribution in [-0.2, 0) is 9.47 Å². The normalized spacial score (nSPS) is 23.7. The minimum Gasteiger partial charge on any atom is -0.508 e. The van der Waals surface area contributed by atoms with Gasteiger partial charge in [0.1, 0.15) is 65.9 Å². The van der Waals surface area contributed by atoms with Crippen molar-refractivity contribution in [2.24, 2.45) is 11.7 Å². The number of benzene rings is 3. The fraction of sp³-hybridized carbons (Fsp3) is 0.456. The van der Waals surface area contributed by atoms with Crippen LogP contribution in [0.5, 0.6) is 23.5 Å².